The van der Waals surface area contributed by atoms with Crippen molar-refractivity contribution >= 4 is 33.0 Å². The molecule has 0 bridgehead atoms. The Bertz CT molecular complexity index is 963. The lowest BCUT2D eigenvalue weighted by atomic mass is 10.2. The number of hydrogen-bond donors (Lipinski definition) is 0. The summed E-state index contributed by atoms with van der Waals surface area (Å²) in [5, 5.41) is 31.2. The fourth-order valence-electron chi connectivity index (χ4n) is 2.37. The molecule has 0 amide bonds. The minimum absolute atomic E-state index is 0.0175. The van der Waals surface area contributed by atoms with Crippen LogP contribution < -0.4 is 5.01 Å². The molecule has 0 aliphatic heterocycles. The lowest BCUT2D eigenvalue weighted by Crippen LogP contribution is -2.27. The first-order chi connectivity index (χ1) is 12.5. The summed E-state index contributed by atoms with van der Waals surface area (Å²) >= 11 is 3.20. The largest absolute Gasteiger partial charge is 0.283 e. The molecule has 0 fully saturated rings. The maximum atomic E-state index is 11.0. The lowest BCUT2D eigenvalue weighted by Gasteiger charge is -2.25. The molecule has 1 heterocycles. The third kappa shape index (κ3) is 3.67. The van der Waals surface area contributed by atoms with E-state index in [0.29, 0.717) is 15.7 Å². The van der Waals surface area contributed by atoms with Crippen LogP contribution in [0.1, 0.15) is 5.56 Å². The summed E-state index contributed by atoms with van der Waals surface area (Å²) in [5.74, 6) is 0. The summed E-state index contributed by atoms with van der Waals surface area (Å²) in [6.07, 6.45) is 2.93. The van der Waals surface area contributed by atoms with Gasteiger partial charge in [0.1, 0.15) is 12.7 Å². The van der Waals surface area contributed by atoms with Crippen molar-refractivity contribution < 1.29 is 9.85 Å². The van der Waals surface area contributed by atoms with Gasteiger partial charge < -0.3 is 0 Å². The molecule has 3 aromatic rings. The number of aromatic nitrogens is 3. The third-order valence-electron chi connectivity index (χ3n) is 3.57. The van der Waals surface area contributed by atoms with E-state index in [1.807, 2.05) is 0 Å². The molecule has 0 atom stereocenters. The van der Waals surface area contributed by atoms with Gasteiger partial charge >= 0.3 is 0 Å². The van der Waals surface area contributed by atoms with Gasteiger partial charge in [-0.1, -0.05) is 12.1 Å². The molecule has 0 saturated carbocycles. The number of non-ortho nitro benzene ring substituents is 1. The van der Waals surface area contributed by atoms with Crippen LogP contribution in [0, 0.1) is 20.2 Å². The number of benzene rings is 2. The van der Waals surface area contributed by atoms with Crippen LogP contribution >= 0.6 is 15.9 Å². The molecule has 0 radical (unpaired) electrons. The van der Waals surface area contributed by atoms with Crippen molar-refractivity contribution in [3.05, 3.63) is 85.4 Å². The molecule has 0 aliphatic carbocycles. The maximum absolute atomic E-state index is 11.0. The second kappa shape index (κ2) is 7.27. The first-order valence-corrected chi connectivity index (χ1v) is 8.05. The van der Waals surface area contributed by atoms with E-state index in [2.05, 4.69) is 26.1 Å². The summed E-state index contributed by atoms with van der Waals surface area (Å²) < 4.78 is 1.91. The molecular formula is C15H11BrN6O4. The monoisotopic (exact) mass is 418 g/mol. The van der Waals surface area contributed by atoms with Crippen molar-refractivity contribution in [3.63, 3.8) is 0 Å². The van der Waals surface area contributed by atoms with Crippen LogP contribution in [0.3, 0.4) is 0 Å². The Labute approximate surface area is 155 Å². The van der Waals surface area contributed by atoms with Crippen LogP contribution in [0.5, 0.6) is 0 Å². The Kier molecular flexibility index (Phi) is 4.89. The van der Waals surface area contributed by atoms with E-state index in [1.54, 1.807) is 34.0 Å². The number of hydrogen-bond acceptors (Lipinski definition) is 7. The standard InChI is InChI=1S/C15H11BrN6O4/c16-14-7-12(4-5-15(14)22(25)26)20(19-9-17-18-10-19)8-11-2-1-3-13(6-11)21(23)24/h1-7,9-10H,8H2. The minimum Gasteiger partial charge on any atom is -0.274 e. The van der Waals surface area contributed by atoms with E-state index in [4.69, 9.17) is 0 Å². The van der Waals surface area contributed by atoms with Crippen LogP contribution in [-0.2, 0) is 6.54 Å². The van der Waals surface area contributed by atoms with E-state index in [1.165, 1.54) is 30.9 Å². The highest BCUT2D eigenvalue weighted by Gasteiger charge is 2.17. The second-order valence-electron chi connectivity index (χ2n) is 5.22. The first-order valence-electron chi connectivity index (χ1n) is 7.25. The summed E-state index contributed by atoms with van der Waals surface area (Å²) in [6, 6.07) is 10.8. The molecule has 1 aromatic heterocycles. The molecule has 132 valence electrons. The van der Waals surface area contributed by atoms with E-state index in [0.717, 1.165) is 0 Å². The molecule has 11 heteroatoms. The van der Waals surface area contributed by atoms with Crippen molar-refractivity contribution in [2.75, 3.05) is 5.01 Å². The number of rotatable bonds is 6. The van der Waals surface area contributed by atoms with Crippen molar-refractivity contribution in [2.45, 2.75) is 6.54 Å². The second-order valence-corrected chi connectivity index (χ2v) is 6.07. The van der Waals surface area contributed by atoms with Gasteiger partial charge in [-0.05, 0) is 33.6 Å². The highest BCUT2D eigenvalue weighted by atomic mass is 79.9. The number of nitrogens with zero attached hydrogens (tertiary/aromatic N) is 6. The predicted molar refractivity (Wildman–Crippen MR) is 95.5 cm³/mol. The number of anilines is 1. The topological polar surface area (TPSA) is 120 Å². The number of nitro benzene ring substituents is 2. The van der Waals surface area contributed by atoms with Crippen molar-refractivity contribution in [1.82, 2.24) is 14.9 Å². The Morgan fingerprint density at radius 1 is 1.04 bits per heavy atom. The Morgan fingerprint density at radius 2 is 1.77 bits per heavy atom. The van der Waals surface area contributed by atoms with Crippen molar-refractivity contribution in [1.29, 1.82) is 0 Å². The molecule has 0 aliphatic rings. The summed E-state index contributed by atoms with van der Waals surface area (Å²) in [6.45, 7) is 0.268. The highest BCUT2D eigenvalue weighted by molar-refractivity contribution is 9.10. The van der Waals surface area contributed by atoms with E-state index < -0.39 is 9.85 Å². The molecule has 0 unspecified atom stereocenters. The normalized spacial score (nSPS) is 10.5. The zero-order chi connectivity index (χ0) is 18.7. The fourth-order valence-corrected chi connectivity index (χ4v) is 2.88. The lowest BCUT2D eigenvalue weighted by molar-refractivity contribution is -0.385. The third-order valence-corrected chi connectivity index (χ3v) is 4.20. The van der Waals surface area contributed by atoms with Gasteiger partial charge in [0.25, 0.3) is 11.4 Å². The highest BCUT2D eigenvalue weighted by Crippen LogP contribution is 2.30. The molecule has 3 rings (SSSR count). The quantitative estimate of drug-likeness (QED) is 0.444. The fraction of sp³-hybridized carbons (Fsp3) is 0.0667. The molecule has 10 nitrogen and oxygen atoms in total. The van der Waals surface area contributed by atoms with E-state index in [-0.39, 0.29) is 17.9 Å². The molecule has 0 spiro atoms. The van der Waals surface area contributed by atoms with Gasteiger partial charge in [-0.2, -0.15) is 0 Å². The average molecular weight is 419 g/mol. The maximum Gasteiger partial charge on any atom is 0.283 e. The summed E-state index contributed by atoms with van der Waals surface area (Å²) in [7, 11) is 0. The van der Waals surface area contributed by atoms with Crippen LogP contribution in [0.4, 0.5) is 17.1 Å². The van der Waals surface area contributed by atoms with Crippen molar-refractivity contribution in [3.8, 4) is 0 Å². The van der Waals surface area contributed by atoms with Crippen LogP contribution in [0.15, 0.2) is 59.6 Å². The minimum atomic E-state index is -0.489. The molecule has 0 saturated heterocycles. The Hall–Kier alpha value is -3.34. The van der Waals surface area contributed by atoms with Gasteiger partial charge in [-0.3, -0.25) is 25.2 Å². The van der Waals surface area contributed by atoms with Gasteiger partial charge in [-0.25, -0.2) is 4.68 Å². The number of halogens is 1. The van der Waals surface area contributed by atoms with Gasteiger partial charge in [0.15, 0.2) is 0 Å². The molecule has 26 heavy (non-hydrogen) atoms. The van der Waals surface area contributed by atoms with Crippen LogP contribution in [0.2, 0.25) is 0 Å². The van der Waals surface area contributed by atoms with Gasteiger partial charge in [0.05, 0.1) is 26.6 Å². The molecule has 0 N–H and O–H groups in total. The first kappa shape index (κ1) is 17.5. The summed E-state index contributed by atoms with van der Waals surface area (Å²) in [5.41, 5.74) is 1.22. The Balaban J connectivity index is 1.99. The SMILES string of the molecule is O=[N+]([O-])c1cccc(CN(c2ccc([N+](=O)[O-])c(Br)c2)n2cnnc2)c1. The van der Waals surface area contributed by atoms with Crippen LogP contribution in [-0.4, -0.2) is 24.7 Å². The van der Waals surface area contributed by atoms with Crippen molar-refractivity contribution in [2.24, 2.45) is 0 Å². The van der Waals surface area contributed by atoms with Gasteiger partial charge in [0, 0.05) is 18.2 Å². The van der Waals surface area contributed by atoms with Crippen LogP contribution in [0.25, 0.3) is 0 Å². The zero-order valence-electron chi connectivity index (χ0n) is 13.1. The molecular weight excluding hydrogens is 408 g/mol. The van der Waals surface area contributed by atoms with Gasteiger partial charge in [0.2, 0.25) is 0 Å². The number of nitro groups is 2. The zero-order valence-corrected chi connectivity index (χ0v) is 14.7. The molecule has 2 aromatic carbocycles. The predicted octanol–water partition coefficient (Wildman–Crippen LogP) is 3.33. The smallest absolute Gasteiger partial charge is 0.274 e. The summed E-state index contributed by atoms with van der Waals surface area (Å²) in [4.78, 5) is 21.0. The van der Waals surface area contributed by atoms with Gasteiger partial charge in [-0.15, -0.1) is 10.2 Å². The Morgan fingerprint density at radius 3 is 2.38 bits per heavy atom. The average Bonchev–Trinajstić information content (AvgIpc) is 3.13. The van der Waals surface area contributed by atoms with E-state index in [9.17, 15) is 20.2 Å². The van der Waals surface area contributed by atoms with E-state index >= 15 is 0 Å².